The fourth-order valence-corrected chi connectivity index (χ4v) is 3.78. The van der Waals surface area contributed by atoms with Crippen LogP contribution in [0.25, 0.3) is 14.4 Å². The normalized spacial score (nSPS) is 10.9. The zero-order chi connectivity index (χ0) is 10.7. The molecule has 0 amide bonds. The number of hydrogen-bond donors (Lipinski definition) is 0. The molecule has 2 aromatic rings. The van der Waals surface area contributed by atoms with Crippen LogP contribution in [0.2, 0.25) is 0 Å². The minimum atomic E-state index is -0.207. The fourth-order valence-electron chi connectivity index (χ4n) is 1.46. The van der Waals surface area contributed by atoms with E-state index in [9.17, 15) is 0 Å². The summed E-state index contributed by atoms with van der Waals surface area (Å²) in [4.78, 5) is 0. The third-order valence-corrected chi connectivity index (χ3v) is 4.63. The first kappa shape index (κ1) is 10.0. The van der Waals surface area contributed by atoms with Crippen LogP contribution in [0.4, 0.5) is 0 Å². The third kappa shape index (κ3) is 1.81. The summed E-state index contributed by atoms with van der Waals surface area (Å²) in [5.74, 6) is 0. The van der Waals surface area contributed by atoms with E-state index in [1.165, 1.54) is 9.48 Å². The first-order valence-electron chi connectivity index (χ1n) is 4.33. The van der Waals surface area contributed by atoms with E-state index in [1.807, 2.05) is 18.2 Å². The standard InChI is InChI=1S/C12H6N2Te/c13-6-4-9(8-14)10-2-1-3-12-11(10)5-7-15-12/h1-5,7H/b9-4+. The topological polar surface area (TPSA) is 47.6 Å². The molecule has 0 saturated heterocycles. The van der Waals surface area contributed by atoms with Crippen molar-refractivity contribution >= 4 is 34.8 Å². The summed E-state index contributed by atoms with van der Waals surface area (Å²) >= 11 is -0.207. The van der Waals surface area contributed by atoms with Gasteiger partial charge in [-0.1, -0.05) is 0 Å². The molecule has 1 heterocycles. The molecule has 1 aromatic carbocycles. The zero-order valence-corrected chi connectivity index (χ0v) is 10.1. The van der Waals surface area contributed by atoms with Gasteiger partial charge in [-0.15, -0.1) is 0 Å². The summed E-state index contributed by atoms with van der Waals surface area (Å²) in [5, 5.41) is 18.7. The quantitative estimate of drug-likeness (QED) is 0.600. The van der Waals surface area contributed by atoms with Crippen molar-refractivity contribution in [3.8, 4) is 12.1 Å². The Morgan fingerprint density at radius 3 is 2.87 bits per heavy atom. The van der Waals surface area contributed by atoms with Crippen LogP contribution in [-0.4, -0.2) is 20.4 Å². The number of hydrogen-bond acceptors (Lipinski definition) is 2. The van der Waals surface area contributed by atoms with Crippen LogP contribution in [-0.2, 0) is 0 Å². The number of allylic oxidation sites excluding steroid dienone is 2. The molecule has 0 fully saturated rings. The monoisotopic (exact) mass is 308 g/mol. The van der Waals surface area contributed by atoms with Gasteiger partial charge in [-0.05, 0) is 0 Å². The van der Waals surface area contributed by atoms with E-state index >= 15 is 0 Å². The molecule has 0 spiro atoms. The van der Waals surface area contributed by atoms with Gasteiger partial charge in [0.1, 0.15) is 0 Å². The molecular formula is C12H6N2Te. The van der Waals surface area contributed by atoms with Crippen LogP contribution in [0.3, 0.4) is 0 Å². The van der Waals surface area contributed by atoms with Crippen molar-refractivity contribution in [2.75, 3.05) is 0 Å². The molecule has 3 heteroatoms. The summed E-state index contributed by atoms with van der Waals surface area (Å²) in [6, 6.07) is 12.0. The van der Waals surface area contributed by atoms with E-state index in [4.69, 9.17) is 10.5 Å². The number of nitrogens with zero attached hydrogens (tertiary/aromatic N) is 2. The van der Waals surface area contributed by atoms with Gasteiger partial charge in [0.05, 0.1) is 0 Å². The van der Waals surface area contributed by atoms with Crippen molar-refractivity contribution < 1.29 is 0 Å². The van der Waals surface area contributed by atoms with Crippen molar-refractivity contribution in [2.24, 2.45) is 0 Å². The Kier molecular flexibility index (Phi) is 2.89. The van der Waals surface area contributed by atoms with Crippen molar-refractivity contribution in [3.05, 3.63) is 40.0 Å². The van der Waals surface area contributed by atoms with Gasteiger partial charge in [-0.2, -0.15) is 0 Å². The summed E-state index contributed by atoms with van der Waals surface area (Å²) in [7, 11) is 0. The van der Waals surface area contributed by atoms with E-state index in [2.05, 4.69) is 22.3 Å². The molecule has 0 atom stereocenters. The summed E-state index contributed by atoms with van der Waals surface area (Å²) in [5.41, 5.74) is 1.34. The van der Waals surface area contributed by atoms with Crippen LogP contribution in [0.15, 0.2) is 34.4 Å². The van der Waals surface area contributed by atoms with Crippen LogP contribution in [0.5, 0.6) is 0 Å². The molecule has 0 aliphatic rings. The zero-order valence-electron chi connectivity index (χ0n) is 7.77. The summed E-state index contributed by atoms with van der Waals surface area (Å²) < 4.78 is 3.54. The second-order valence-electron chi connectivity index (χ2n) is 2.94. The fraction of sp³-hybridized carbons (Fsp3) is 0. The molecule has 0 saturated carbocycles. The predicted molar refractivity (Wildman–Crippen MR) is 60.1 cm³/mol. The van der Waals surface area contributed by atoms with Crippen LogP contribution in [0.1, 0.15) is 5.56 Å². The van der Waals surface area contributed by atoms with E-state index in [0.29, 0.717) is 5.57 Å². The average Bonchev–Trinajstić information content (AvgIpc) is 2.73. The number of nitriles is 2. The second kappa shape index (κ2) is 4.33. The SMILES string of the molecule is N#C/C=C(\C#N)c1cccc2[te]ccc12. The Morgan fingerprint density at radius 1 is 1.27 bits per heavy atom. The van der Waals surface area contributed by atoms with Crippen LogP contribution < -0.4 is 0 Å². The van der Waals surface area contributed by atoms with Gasteiger partial charge >= 0.3 is 97.4 Å². The first-order chi connectivity index (χ1) is 7.36. The minimum absolute atomic E-state index is 0.207. The molecule has 70 valence electrons. The molecule has 15 heavy (non-hydrogen) atoms. The second-order valence-corrected chi connectivity index (χ2v) is 5.64. The Morgan fingerprint density at radius 2 is 2.13 bits per heavy atom. The Labute approximate surface area is 97.3 Å². The van der Waals surface area contributed by atoms with Gasteiger partial charge in [0.25, 0.3) is 0 Å². The molecule has 0 radical (unpaired) electrons. The number of rotatable bonds is 1. The third-order valence-electron chi connectivity index (χ3n) is 2.12. The molecular weight excluding hydrogens is 300 g/mol. The molecule has 0 bridgehead atoms. The van der Waals surface area contributed by atoms with Gasteiger partial charge in [0.2, 0.25) is 0 Å². The van der Waals surface area contributed by atoms with Gasteiger partial charge in [-0.3, -0.25) is 0 Å². The van der Waals surface area contributed by atoms with Gasteiger partial charge < -0.3 is 0 Å². The van der Waals surface area contributed by atoms with Crippen LogP contribution in [0, 0.1) is 22.7 Å². The predicted octanol–water partition coefficient (Wildman–Crippen LogP) is 2.33. The van der Waals surface area contributed by atoms with Gasteiger partial charge in [0, 0.05) is 0 Å². The maximum atomic E-state index is 8.96. The molecule has 0 aliphatic carbocycles. The van der Waals surface area contributed by atoms with E-state index in [1.54, 1.807) is 0 Å². The average molecular weight is 306 g/mol. The number of fused-ring (bicyclic) bond motifs is 1. The maximum absolute atomic E-state index is 8.96. The molecule has 2 rings (SSSR count). The van der Waals surface area contributed by atoms with Crippen molar-refractivity contribution in [3.63, 3.8) is 0 Å². The first-order valence-corrected chi connectivity index (χ1v) is 6.84. The molecule has 1 aromatic heterocycles. The van der Waals surface area contributed by atoms with E-state index < -0.39 is 0 Å². The number of benzene rings is 1. The molecule has 0 N–H and O–H groups in total. The molecule has 0 aliphatic heterocycles. The van der Waals surface area contributed by atoms with Crippen molar-refractivity contribution in [1.82, 2.24) is 0 Å². The van der Waals surface area contributed by atoms with Crippen molar-refractivity contribution in [1.29, 1.82) is 10.5 Å². The Balaban J connectivity index is 2.72. The van der Waals surface area contributed by atoms with Gasteiger partial charge in [-0.25, -0.2) is 0 Å². The molecule has 0 unspecified atom stereocenters. The molecule has 2 nitrogen and oxygen atoms in total. The summed E-state index contributed by atoms with van der Waals surface area (Å²) in [6.45, 7) is 0. The van der Waals surface area contributed by atoms with Crippen molar-refractivity contribution in [2.45, 2.75) is 0 Å². The Bertz CT molecular complexity index is 608. The van der Waals surface area contributed by atoms with Crippen LogP contribution >= 0.6 is 0 Å². The van der Waals surface area contributed by atoms with Gasteiger partial charge in [0.15, 0.2) is 0 Å². The van der Waals surface area contributed by atoms with E-state index in [-0.39, 0.29) is 20.4 Å². The summed E-state index contributed by atoms with van der Waals surface area (Å²) in [6.07, 6.45) is 1.31. The Hall–Kier alpha value is -1.53. The van der Waals surface area contributed by atoms with E-state index in [0.717, 1.165) is 10.9 Å².